The molecule has 100 valence electrons. The molecule has 0 atom stereocenters. The predicted octanol–water partition coefficient (Wildman–Crippen LogP) is 2.13. The van der Waals surface area contributed by atoms with E-state index in [1.54, 1.807) is 11.0 Å². The molecule has 1 N–H and O–H groups in total. The zero-order valence-corrected chi connectivity index (χ0v) is 10.6. The van der Waals surface area contributed by atoms with Gasteiger partial charge in [-0.3, -0.25) is 9.69 Å². The molecule has 0 heterocycles. The Hall–Kier alpha value is -1.62. The van der Waals surface area contributed by atoms with Gasteiger partial charge in [0.25, 0.3) is 0 Å². The van der Waals surface area contributed by atoms with E-state index in [-0.39, 0.29) is 12.4 Å². The van der Waals surface area contributed by atoms with Crippen LogP contribution in [0.4, 0.5) is 4.39 Å². The summed E-state index contributed by atoms with van der Waals surface area (Å²) in [5.41, 5.74) is 0.710. The molecule has 0 saturated heterocycles. The van der Waals surface area contributed by atoms with Gasteiger partial charge < -0.3 is 9.84 Å². The Kier molecular flexibility index (Phi) is 5.58. The molecule has 0 aliphatic heterocycles. The van der Waals surface area contributed by atoms with Crippen LogP contribution in [0, 0.1) is 5.82 Å². The number of nitrogens with zero attached hydrogens (tertiary/aromatic N) is 1. The predicted molar refractivity (Wildman–Crippen MR) is 66.2 cm³/mol. The van der Waals surface area contributed by atoms with Gasteiger partial charge in [0.15, 0.2) is 0 Å². The maximum Gasteiger partial charge on any atom is 0.317 e. The van der Waals surface area contributed by atoms with Crippen molar-refractivity contribution < 1.29 is 19.0 Å². The number of methoxy groups -OCH3 is 1. The lowest BCUT2D eigenvalue weighted by molar-refractivity contribution is -0.138. The molecule has 4 nitrogen and oxygen atoms in total. The first-order valence-corrected chi connectivity index (χ1v) is 5.82. The number of benzene rings is 1. The molecule has 0 spiro atoms. The van der Waals surface area contributed by atoms with Crippen LogP contribution in [0.25, 0.3) is 0 Å². The average molecular weight is 255 g/mol. The number of carboxylic acids is 1. The van der Waals surface area contributed by atoms with E-state index >= 15 is 0 Å². The Labute approximate surface area is 106 Å². The highest BCUT2D eigenvalue weighted by Gasteiger charge is 2.10. The maximum atomic E-state index is 13.3. The van der Waals surface area contributed by atoms with Gasteiger partial charge in [0.05, 0.1) is 13.7 Å². The summed E-state index contributed by atoms with van der Waals surface area (Å²) in [6.07, 6.45) is 0.847. The van der Waals surface area contributed by atoms with Crippen LogP contribution in [0.15, 0.2) is 18.2 Å². The van der Waals surface area contributed by atoms with Crippen molar-refractivity contribution >= 4 is 5.97 Å². The molecule has 0 amide bonds. The molecule has 1 rings (SSSR count). The van der Waals surface area contributed by atoms with Crippen LogP contribution in [-0.2, 0) is 11.3 Å². The lowest BCUT2D eigenvalue weighted by atomic mass is 10.2. The van der Waals surface area contributed by atoms with Crippen molar-refractivity contribution in [1.29, 1.82) is 0 Å². The molecule has 0 aromatic heterocycles. The largest absolute Gasteiger partial charge is 0.497 e. The second-order valence-corrected chi connectivity index (χ2v) is 4.10. The van der Waals surface area contributed by atoms with Gasteiger partial charge in [-0.1, -0.05) is 6.92 Å². The highest BCUT2D eigenvalue weighted by atomic mass is 19.1. The van der Waals surface area contributed by atoms with E-state index in [2.05, 4.69) is 0 Å². The van der Waals surface area contributed by atoms with Crippen molar-refractivity contribution in [3.8, 4) is 5.75 Å². The second kappa shape index (κ2) is 6.96. The van der Waals surface area contributed by atoms with Crippen LogP contribution in [-0.4, -0.2) is 36.2 Å². The van der Waals surface area contributed by atoms with Gasteiger partial charge in [-0.15, -0.1) is 0 Å². The van der Waals surface area contributed by atoms with E-state index in [0.717, 1.165) is 6.42 Å². The lowest BCUT2D eigenvalue weighted by Gasteiger charge is -2.19. The van der Waals surface area contributed by atoms with Gasteiger partial charge in [-0.2, -0.15) is 0 Å². The highest BCUT2D eigenvalue weighted by molar-refractivity contribution is 5.69. The Morgan fingerprint density at radius 1 is 1.44 bits per heavy atom. The van der Waals surface area contributed by atoms with Gasteiger partial charge in [0.1, 0.15) is 11.6 Å². The standard InChI is InChI=1S/C13H18FNO3/c1-3-4-15(9-13(16)17)8-10-5-11(14)7-12(6-10)18-2/h5-7H,3-4,8-9H2,1-2H3,(H,16,17). The number of ether oxygens (including phenoxy) is 1. The van der Waals surface area contributed by atoms with Crippen molar-refractivity contribution in [2.75, 3.05) is 20.2 Å². The van der Waals surface area contributed by atoms with Gasteiger partial charge in [-0.25, -0.2) is 4.39 Å². The summed E-state index contributed by atoms with van der Waals surface area (Å²) in [4.78, 5) is 12.5. The summed E-state index contributed by atoms with van der Waals surface area (Å²) in [6, 6.07) is 4.41. The van der Waals surface area contributed by atoms with E-state index < -0.39 is 5.97 Å². The second-order valence-electron chi connectivity index (χ2n) is 4.10. The summed E-state index contributed by atoms with van der Waals surface area (Å²) in [6.45, 7) is 2.98. The van der Waals surface area contributed by atoms with Crippen LogP contribution in [0.1, 0.15) is 18.9 Å². The minimum atomic E-state index is -0.883. The summed E-state index contributed by atoms with van der Waals surface area (Å²) in [5.74, 6) is -0.820. The molecule has 0 aliphatic rings. The molecule has 0 radical (unpaired) electrons. The first-order valence-electron chi connectivity index (χ1n) is 5.82. The third kappa shape index (κ3) is 4.71. The summed E-state index contributed by atoms with van der Waals surface area (Å²) in [7, 11) is 1.47. The third-order valence-electron chi connectivity index (χ3n) is 2.47. The molecule has 0 bridgehead atoms. The van der Waals surface area contributed by atoms with E-state index in [4.69, 9.17) is 9.84 Å². The number of aliphatic carboxylic acids is 1. The smallest absolute Gasteiger partial charge is 0.317 e. The van der Waals surface area contributed by atoms with Crippen LogP contribution in [0.5, 0.6) is 5.75 Å². The number of rotatable bonds is 7. The van der Waals surface area contributed by atoms with E-state index in [0.29, 0.717) is 24.4 Å². The van der Waals surface area contributed by atoms with Crippen molar-refractivity contribution in [2.24, 2.45) is 0 Å². The monoisotopic (exact) mass is 255 g/mol. The molecular weight excluding hydrogens is 237 g/mol. The SMILES string of the molecule is CCCN(CC(=O)O)Cc1cc(F)cc(OC)c1. The van der Waals surface area contributed by atoms with Gasteiger partial charge in [-0.05, 0) is 30.7 Å². The molecular formula is C13H18FNO3. The van der Waals surface area contributed by atoms with Crippen molar-refractivity contribution in [3.05, 3.63) is 29.6 Å². The van der Waals surface area contributed by atoms with Gasteiger partial charge in [0.2, 0.25) is 0 Å². The number of carboxylic acid groups (broad SMARTS) is 1. The lowest BCUT2D eigenvalue weighted by Crippen LogP contribution is -2.30. The van der Waals surface area contributed by atoms with Crippen LogP contribution in [0.2, 0.25) is 0 Å². The molecule has 0 saturated carbocycles. The highest BCUT2D eigenvalue weighted by Crippen LogP contribution is 2.17. The van der Waals surface area contributed by atoms with E-state index in [9.17, 15) is 9.18 Å². The normalized spacial score (nSPS) is 10.7. The zero-order chi connectivity index (χ0) is 13.5. The van der Waals surface area contributed by atoms with Crippen LogP contribution < -0.4 is 4.74 Å². The quantitative estimate of drug-likeness (QED) is 0.811. The fraction of sp³-hybridized carbons (Fsp3) is 0.462. The van der Waals surface area contributed by atoms with E-state index in [1.165, 1.54) is 19.2 Å². The first kappa shape index (κ1) is 14.4. The number of hydrogen-bond donors (Lipinski definition) is 1. The minimum absolute atomic E-state index is 0.0489. The molecule has 1 aromatic carbocycles. The van der Waals surface area contributed by atoms with Crippen LogP contribution in [0.3, 0.4) is 0 Å². The number of hydrogen-bond acceptors (Lipinski definition) is 3. The van der Waals surface area contributed by atoms with Crippen molar-refractivity contribution in [1.82, 2.24) is 4.90 Å². The first-order chi connectivity index (χ1) is 8.55. The average Bonchev–Trinajstić information content (AvgIpc) is 2.27. The van der Waals surface area contributed by atoms with Crippen LogP contribution >= 0.6 is 0 Å². The summed E-state index contributed by atoms with van der Waals surface area (Å²) >= 11 is 0. The Morgan fingerprint density at radius 2 is 2.17 bits per heavy atom. The molecule has 18 heavy (non-hydrogen) atoms. The minimum Gasteiger partial charge on any atom is -0.497 e. The zero-order valence-electron chi connectivity index (χ0n) is 10.6. The maximum absolute atomic E-state index is 13.3. The Bertz CT molecular complexity index is 409. The Morgan fingerprint density at radius 3 is 2.72 bits per heavy atom. The summed E-state index contributed by atoms with van der Waals surface area (Å²) in [5, 5.41) is 8.80. The fourth-order valence-corrected chi connectivity index (χ4v) is 1.81. The van der Waals surface area contributed by atoms with Gasteiger partial charge >= 0.3 is 5.97 Å². The Balaban J connectivity index is 2.78. The topological polar surface area (TPSA) is 49.8 Å². The molecule has 1 aromatic rings. The van der Waals surface area contributed by atoms with Crippen molar-refractivity contribution in [2.45, 2.75) is 19.9 Å². The number of carbonyl (C=O) groups is 1. The number of halogens is 1. The molecule has 0 fully saturated rings. The molecule has 0 aliphatic carbocycles. The fourth-order valence-electron chi connectivity index (χ4n) is 1.81. The third-order valence-corrected chi connectivity index (χ3v) is 2.47. The van der Waals surface area contributed by atoms with E-state index in [1.807, 2.05) is 6.92 Å². The summed E-state index contributed by atoms with van der Waals surface area (Å²) < 4.78 is 18.3. The molecule has 0 unspecified atom stereocenters. The molecule has 5 heteroatoms. The van der Waals surface area contributed by atoms with Crippen molar-refractivity contribution in [3.63, 3.8) is 0 Å². The van der Waals surface area contributed by atoms with Gasteiger partial charge in [0, 0.05) is 12.6 Å².